The monoisotopic (exact) mass is 284 g/mol. The van der Waals surface area contributed by atoms with E-state index in [1.807, 2.05) is 12.1 Å². The van der Waals surface area contributed by atoms with Crippen molar-refractivity contribution in [2.45, 2.75) is 77.6 Å². The summed E-state index contributed by atoms with van der Waals surface area (Å²) in [5.74, 6) is 0.117. The van der Waals surface area contributed by atoms with Crippen molar-refractivity contribution in [3.8, 4) is 5.75 Å². The number of benzene rings is 1. The van der Waals surface area contributed by atoms with Crippen molar-refractivity contribution < 1.29 is 34.7 Å². The van der Waals surface area contributed by atoms with Crippen LogP contribution in [-0.2, 0) is 6.42 Å². The Morgan fingerprint density at radius 3 is 1.65 bits per heavy atom. The molecule has 0 N–H and O–H groups in total. The first-order chi connectivity index (χ1) is 9.33. The van der Waals surface area contributed by atoms with Gasteiger partial charge in [0.15, 0.2) is 0 Å². The first kappa shape index (κ1) is 20.0. The van der Waals surface area contributed by atoms with E-state index in [0.717, 1.165) is 6.42 Å². The molecule has 0 spiro atoms. The fraction of sp³-hybridized carbons (Fsp3) is 0.667. The Balaban J connectivity index is 0.00000361. The smallest absolute Gasteiger partial charge is 0.872 e. The maximum Gasteiger partial charge on any atom is 1.00 e. The van der Waals surface area contributed by atoms with Gasteiger partial charge in [-0.05, 0) is 18.4 Å². The van der Waals surface area contributed by atoms with Crippen LogP contribution in [0.5, 0.6) is 5.75 Å². The van der Waals surface area contributed by atoms with Crippen LogP contribution >= 0.6 is 0 Å². The molecule has 1 aromatic rings. The van der Waals surface area contributed by atoms with E-state index in [1.165, 1.54) is 69.8 Å². The van der Waals surface area contributed by atoms with Crippen LogP contribution in [-0.4, -0.2) is 0 Å². The van der Waals surface area contributed by atoms with Crippen LogP contribution in [0.15, 0.2) is 24.3 Å². The molecule has 0 aromatic heterocycles. The summed E-state index contributed by atoms with van der Waals surface area (Å²) in [7, 11) is 0. The van der Waals surface area contributed by atoms with Crippen molar-refractivity contribution in [2.75, 3.05) is 0 Å². The Labute approximate surface area is 147 Å². The second kappa shape index (κ2) is 14.0. The average Bonchev–Trinajstić information content (AvgIpc) is 2.43. The minimum atomic E-state index is 0. The standard InChI is InChI=1S/C18H30O.Na/c1-2-3-4-5-6-7-8-9-10-11-12-17-13-15-18(19)16-14-17;/h13-16,19H,2-12H2,1H3;/q;+1/p-1. The molecule has 1 nitrogen and oxygen atoms in total. The van der Waals surface area contributed by atoms with Gasteiger partial charge < -0.3 is 5.11 Å². The van der Waals surface area contributed by atoms with E-state index in [2.05, 4.69) is 6.92 Å². The number of unbranched alkanes of at least 4 members (excludes halogenated alkanes) is 9. The third-order valence-corrected chi connectivity index (χ3v) is 3.74. The summed E-state index contributed by atoms with van der Waals surface area (Å²) in [5, 5.41) is 11.0. The van der Waals surface area contributed by atoms with Crippen molar-refractivity contribution in [3.05, 3.63) is 29.8 Å². The number of rotatable bonds is 11. The van der Waals surface area contributed by atoms with Crippen molar-refractivity contribution >= 4 is 0 Å². The topological polar surface area (TPSA) is 23.1 Å². The van der Waals surface area contributed by atoms with E-state index in [-0.39, 0.29) is 35.3 Å². The molecule has 0 saturated carbocycles. The van der Waals surface area contributed by atoms with Gasteiger partial charge in [-0.1, -0.05) is 89.0 Å². The predicted octanol–water partition coefficient (Wildman–Crippen LogP) is 2.23. The molecule has 0 bridgehead atoms. The maximum absolute atomic E-state index is 11.0. The maximum atomic E-state index is 11.0. The van der Waals surface area contributed by atoms with E-state index in [9.17, 15) is 5.11 Å². The van der Waals surface area contributed by atoms with Crippen molar-refractivity contribution in [1.82, 2.24) is 0 Å². The Kier molecular flexibility index (Phi) is 14.0. The van der Waals surface area contributed by atoms with Crippen LogP contribution in [0, 0.1) is 0 Å². The van der Waals surface area contributed by atoms with E-state index < -0.39 is 0 Å². The minimum absolute atomic E-state index is 0. The molecule has 0 fully saturated rings. The summed E-state index contributed by atoms with van der Waals surface area (Å²) in [6, 6.07) is 7.28. The molecule has 0 unspecified atom stereocenters. The molecule has 0 amide bonds. The molecule has 0 aliphatic rings. The van der Waals surface area contributed by atoms with Gasteiger partial charge in [0.2, 0.25) is 0 Å². The molecule has 0 atom stereocenters. The molecule has 2 heteroatoms. The van der Waals surface area contributed by atoms with Gasteiger partial charge in [0, 0.05) is 0 Å². The van der Waals surface area contributed by atoms with Gasteiger partial charge >= 0.3 is 29.6 Å². The molecule has 1 rings (SSSR count). The fourth-order valence-electron chi connectivity index (χ4n) is 2.47. The predicted molar refractivity (Wildman–Crippen MR) is 81.4 cm³/mol. The Bertz CT molecular complexity index is 308. The summed E-state index contributed by atoms with van der Waals surface area (Å²) in [6.07, 6.45) is 14.9. The summed E-state index contributed by atoms with van der Waals surface area (Å²) in [6.45, 7) is 2.27. The van der Waals surface area contributed by atoms with Crippen molar-refractivity contribution in [2.24, 2.45) is 0 Å². The Morgan fingerprint density at radius 2 is 1.15 bits per heavy atom. The fourth-order valence-corrected chi connectivity index (χ4v) is 2.47. The van der Waals surface area contributed by atoms with Crippen LogP contribution in [0.2, 0.25) is 0 Å². The molecular formula is C18H29NaO. The van der Waals surface area contributed by atoms with E-state index in [1.54, 1.807) is 12.1 Å². The zero-order valence-corrected chi connectivity index (χ0v) is 15.5. The van der Waals surface area contributed by atoms with Crippen LogP contribution in [0.3, 0.4) is 0 Å². The van der Waals surface area contributed by atoms with E-state index >= 15 is 0 Å². The molecule has 0 saturated heterocycles. The number of hydrogen-bond donors (Lipinski definition) is 0. The number of aryl methyl sites for hydroxylation is 1. The van der Waals surface area contributed by atoms with Gasteiger partial charge in [-0.15, -0.1) is 5.75 Å². The van der Waals surface area contributed by atoms with Gasteiger partial charge in [0.25, 0.3) is 0 Å². The Hall–Kier alpha value is 0.0200. The SMILES string of the molecule is CCCCCCCCCCCCc1ccc([O-])cc1.[Na+]. The third kappa shape index (κ3) is 10.8. The summed E-state index contributed by atoms with van der Waals surface area (Å²) >= 11 is 0. The van der Waals surface area contributed by atoms with Crippen molar-refractivity contribution in [3.63, 3.8) is 0 Å². The molecule has 0 aliphatic carbocycles. The first-order valence-electron chi connectivity index (χ1n) is 8.09. The molecular weight excluding hydrogens is 255 g/mol. The summed E-state index contributed by atoms with van der Waals surface area (Å²) < 4.78 is 0. The number of hydrogen-bond acceptors (Lipinski definition) is 1. The zero-order valence-electron chi connectivity index (χ0n) is 13.5. The van der Waals surface area contributed by atoms with E-state index in [4.69, 9.17) is 0 Å². The minimum Gasteiger partial charge on any atom is -0.872 e. The van der Waals surface area contributed by atoms with Gasteiger partial charge in [-0.2, -0.15) is 0 Å². The van der Waals surface area contributed by atoms with Crippen LogP contribution in [0.1, 0.15) is 76.7 Å². The van der Waals surface area contributed by atoms with Crippen LogP contribution in [0.4, 0.5) is 0 Å². The molecule has 0 heterocycles. The van der Waals surface area contributed by atoms with Gasteiger partial charge in [-0.25, -0.2) is 0 Å². The normalized spacial score (nSPS) is 10.2. The quantitative estimate of drug-likeness (QED) is 0.451. The molecule has 108 valence electrons. The average molecular weight is 284 g/mol. The first-order valence-corrected chi connectivity index (χ1v) is 8.09. The van der Waals surface area contributed by atoms with Gasteiger partial charge in [-0.3, -0.25) is 0 Å². The second-order valence-electron chi connectivity index (χ2n) is 5.58. The molecule has 1 aromatic carbocycles. The molecule has 0 radical (unpaired) electrons. The van der Waals surface area contributed by atoms with E-state index in [0.29, 0.717) is 0 Å². The zero-order chi connectivity index (χ0) is 13.8. The van der Waals surface area contributed by atoms with Crippen LogP contribution < -0.4 is 34.7 Å². The molecule has 0 aliphatic heterocycles. The second-order valence-corrected chi connectivity index (χ2v) is 5.58. The summed E-state index contributed by atoms with van der Waals surface area (Å²) in [4.78, 5) is 0. The largest absolute Gasteiger partial charge is 1.00 e. The van der Waals surface area contributed by atoms with Crippen molar-refractivity contribution in [1.29, 1.82) is 0 Å². The van der Waals surface area contributed by atoms with Gasteiger partial charge in [0.1, 0.15) is 0 Å². The third-order valence-electron chi connectivity index (χ3n) is 3.74. The Morgan fingerprint density at radius 1 is 0.700 bits per heavy atom. The molecule has 20 heavy (non-hydrogen) atoms. The van der Waals surface area contributed by atoms with Gasteiger partial charge in [0.05, 0.1) is 0 Å². The summed E-state index contributed by atoms with van der Waals surface area (Å²) in [5.41, 5.74) is 1.30. The van der Waals surface area contributed by atoms with Crippen LogP contribution in [0.25, 0.3) is 0 Å².